The first-order valence-corrected chi connectivity index (χ1v) is 9.57. The van der Waals surface area contributed by atoms with Crippen molar-refractivity contribution >= 4 is 17.3 Å². The van der Waals surface area contributed by atoms with E-state index in [9.17, 15) is 0 Å². The quantitative estimate of drug-likeness (QED) is 0.381. The monoisotopic (exact) mass is 363 g/mol. The van der Waals surface area contributed by atoms with Gasteiger partial charge in [0.05, 0.1) is 12.2 Å². The number of aryl methyl sites for hydroxylation is 2. The third-order valence-corrected chi connectivity index (χ3v) is 5.22. The molecule has 6 heteroatoms. The molecule has 2 N–H and O–H groups in total. The van der Waals surface area contributed by atoms with E-state index in [0.717, 1.165) is 36.3 Å². The molecule has 1 aromatic rings. The van der Waals surface area contributed by atoms with Gasteiger partial charge in [0.1, 0.15) is 5.01 Å². The highest BCUT2D eigenvalue weighted by Gasteiger charge is 2.20. The van der Waals surface area contributed by atoms with Crippen LogP contribution in [0.15, 0.2) is 30.3 Å². The van der Waals surface area contributed by atoms with E-state index < -0.39 is 0 Å². The minimum Gasteiger partial charge on any atom is -0.355 e. The summed E-state index contributed by atoms with van der Waals surface area (Å²) in [5.74, 6) is 1.31. The molecule has 1 unspecified atom stereocenters. The van der Waals surface area contributed by atoms with E-state index in [1.165, 1.54) is 4.88 Å². The maximum Gasteiger partial charge on any atom is 0.191 e. The summed E-state index contributed by atoms with van der Waals surface area (Å²) in [6.07, 6.45) is 3.89. The first kappa shape index (κ1) is 21.4. The molecule has 1 heterocycles. The van der Waals surface area contributed by atoms with Gasteiger partial charge in [0.2, 0.25) is 0 Å². The summed E-state index contributed by atoms with van der Waals surface area (Å²) in [4.78, 5) is 12.5. The van der Waals surface area contributed by atoms with Gasteiger partial charge < -0.3 is 10.6 Å². The first-order valence-electron chi connectivity index (χ1n) is 8.76. The molecule has 5 nitrogen and oxygen atoms in total. The van der Waals surface area contributed by atoms with Crippen molar-refractivity contribution < 1.29 is 0 Å². The van der Waals surface area contributed by atoms with Crippen LogP contribution in [-0.2, 0) is 6.54 Å². The van der Waals surface area contributed by atoms with Crippen LogP contribution in [0, 0.1) is 19.8 Å². The van der Waals surface area contributed by atoms with E-state index in [1.54, 1.807) is 18.4 Å². The maximum absolute atomic E-state index is 4.56. The molecule has 1 rings (SSSR count). The van der Waals surface area contributed by atoms with Crippen LogP contribution in [0.3, 0.4) is 0 Å². The zero-order valence-electron chi connectivity index (χ0n) is 16.3. The predicted molar refractivity (Wildman–Crippen MR) is 110 cm³/mol. The lowest BCUT2D eigenvalue weighted by atomic mass is 10.0. The second-order valence-electron chi connectivity index (χ2n) is 6.40. The summed E-state index contributed by atoms with van der Waals surface area (Å²) in [5.41, 5.74) is 1.11. The van der Waals surface area contributed by atoms with Gasteiger partial charge in [-0.25, -0.2) is 4.98 Å². The normalized spacial score (nSPS) is 13.2. The SMILES string of the molecule is C=CCN(CC=C)C(CNC(=NC)NCc1nc(C)c(C)s1)C(C)C. The van der Waals surface area contributed by atoms with E-state index in [2.05, 4.69) is 59.4 Å². The average molecular weight is 364 g/mol. The van der Waals surface area contributed by atoms with E-state index in [0.29, 0.717) is 18.5 Å². The van der Waals surface area contributed by atoms with E-state index in [-0.39, 0.29) is 0 Å². The Kier molecular flexibility index (Phi) is 9.45. The molecule has 0 bridgehead atoms. The Balaban J connectivity index is 2.62. The molecule has 0 aromatic carbocycles. The molecule has 0 saturated heterocycles. The van der Waals surface area contributed by atoms with E-state index >= 15 is 0 Å². The lowest BCUT2D eigenvalue weighted by Crippen LogP contribution is -2.49. The van der Waals surface area contributed by atoms with Crippen molar-refractivity contribution in [2.45, 2.75) is 40.3 Å². The van der Waals surface area contributed by atoms with Gasteiger partial charge in [-0.3, -0.25) is 9.89 Å². The van der Waals surface area contributed by atoms with Gasteiger partial charge in [-0.1, -0.05) is 26.0 Å². The summed E-state index contributed by atoms with van der Waals surface area (Å²) in [5, 5.41) is 7.88. The zero-order chi connectivity index (χ0) is 18.8. The third kappa shape index (κ3) is 7.00. The van der Waals surface area contributed by atoms with Crippen molar-refractivity contribution in [2.75, 3.05) is 26.7 Å². The number of aromatic nitrogens is 1. The molecule has 0 saturated carbocycles. The fourth-order valence-corrected chi connectivity index (χ4v) is 3.53. The molecule has 0 aliphatic carbocycles. The summed E-state index contributed by atoms with van der Waals surface area (Å²) in [6.45, 7) is 19.6. The molecule has 0 radical (unpaired) electrons. The molecule has 0 fully saturated rings. The van der Waals surface area contributed by atoms with Crippen molar-refractivity contribution in [1.29, 1.82) is 0 Å². The lowest BCUT2D eigenvalue weighted by Gasteiger charge is -2.33. The number of nitrogens with zero attached hydrogens (tertiary/aromatic N) is 3. The Morgan fingerprint density at radius 3 is 2.32 bits per heavy atom. The standard InChI is InChI=1S/C19H33N5S/c1-8-10-24(11-9-2)17(14(3)4)12-21-19(20-7)22-13-18-23-15(5)16(6)25-18/h8-9,14,17H,1-2,10-13H2,3-7H3,(H2,20,21,22). The minimum absolute atomic E-state index is 0.374. The van der Waals surface area contributed by atoms with Crippen molar-refractivity contribution in [3.63, 3.8) is 0 Å². The summed E-state index contributed by atoms with van der Waals surface area (Å²) < 4.78 is 0. The smallest absolute Gasteiger partial charge is 0.191 e. The highest BCUT2D eigenvalue weighted by atomic mass is 32.1. The zero-order valence-corrected chi connectivity index (χ0v) is 17.1. The van der Waals surface area contributed by atoms with E-state index in [1.807, 2.05) is 19.1 Å². The summed E-state index contributed by atoms with van der Waals surface area (Å²) in [6, 6.07) is 0.374. The average Bonchev–Trinajstić information content (AvgIpc) is 2.88. The molecule has 25 heavy (non-hydrogen) atoms. The van der Waals surface area contributed by atoms with Gasteiger partial charge in [-0.2, -0.15) is 0 Å². The second-order valence-corrected chi connectivity index (χ2v) is 7.69. The molecule has 0 spiro atoms. The molecule has 0 aliphatic rings. The Morgan fingerprint density at radius 2 is 1.88 bits per heavy atom. The second kappa shape index (κ2) is 11.1. The Bertz CT molecular complexity index is 547. The largest absolute Gasteiger partial charge is 0.355 e. The van der Waals surface area contributed by atoms with Crippen molar-refractivity contribution in [1.82, 2.24) is 20.5 Å². The van der Waals surface area contributed by atoms with Crippen molar-refractivity contribution in [2.24, 2.45) is 10.9 Å². The molecule has 0 amide bonds. The van der Waals surface area contributed by atoms with Crippen molar-refractivity contribution in [3.8, 4) is 0 Å². The molecular weight excluding hydrogens is 330 g/mol. The summed E-state index contributed by atoms with van der Waals surface area (Å²) in [7, 11) is 1.79. The van der Waals surface area contributed by atoms with Crippen LogP contribution < -0.4 is 10.6 Å². The highest BCUT2D eigenvalue weighted by molar-refractivity contribution is 7.11. The Labute approximate surface area is 157 Å². The van der Waals surface area contributed by atoms with Crippen LogP contribution in [0.2, 0.25) is 0 Å². The van der Waals surface area contributed by atoms with Crippen LogP contribution in [0.4, 0.5) is 0 Å². The van der Waals surface area contributed by atoms with Crippen LogP contribution in [0.1, 0.15) is 29.4 Å². The number of hydrogen-bond acceptors (Lipinski definition) is 4. The van der Waals surface area contributed by atoms with Crippen LogP contribution >= 0.6 is 11.3 Å². The lowest BCUT2D eigenvalue weighted by molar-refractivity contribution is 0.190. The topological polar surface area (TPSA) is 52.5 Å². The highest BCUT2D eigenvalue weighted by Crippen LogP contribution is 2.16. The predicted octanol–water partition coefficient (Wildman–Crippen LogP) is 3.12. The van der Waals surface area contributed by atoms with E-state index in [4.69, 9.17) is 0 Å². The van der Waals surface area contributed by atoms with Gasteiger partial charge in [-0.05, 0) is 19.8 Å². The molecule has 1 aromatic heterocycles. The van der Waals surface area contributed by atoms with Gasteiger partial charge >= 0.3 is 0 Å². The van der Waals surface area contributed by atoms with Crippen LogP contribution in [0.5, 0.6) is 0 Å². The number of rotatable bonds is 10. The number of thiazole rings is 1. The maximum atomic E-state index is 4.56. The first-order chi connectivity index (χ1) is 11.9. The Hall–Kier alpha value is -1.66. The van der Waals surface area contributed by atoms with Gasteiger partial charge in [-0.15, -0.1) is 24.5 Å². The van der Waals surface area contributed by atoms with Gasteiger partial charge in [0.25, 0.3) is 0 Å². The number of hydrogen-bond donors (Lipinski definition) is 2. The number of guanidine groups is 1. The fraction of sp³-hybridized carbons (Fsp3) is 0.579. The molecule has 1 atom stereocenters. The fourth-order valence-electron chi connectivity index (χ4n) is 2.66. The molecular formula is C19H33N5S. The van der Waals surface area contributed by atoms with Crippen LogP contribution in [-0.4, -0.2) is 48.6 Å². The Morgan fingerprint density at radius 1 is 1.24 bits per heavy atom. The van der Waals surface area contributed by atoms with Gasteiger partial charge in [0, 0.05) is 37.6 Å². The molecule has 0 aliphatic heterocycles. The number of aliphatic imine (C=N–C) groups is 1. The van der Waals surface area contributed by atoms with Crippen molar-refractivity contribution in [3.05, 3.63) is 40.9 Å². The summed E-state index contributed by atoms with van der Waals surface area (Å²) >= 11 is 1.73. The minimum atomic E-state index is 0.374. The van der Waals surface area contributed by atoms with Crippen LogP contribution in [0.25, 0.3) is 0 Å². The van der Waals surface area contributed by atoms with Gasteiger partial charge in [0.15, 0.2) is 5.96 Å². The third-order valence-electron chi connectivity index (χ3n) is 4.15. The molecule has 140 valence electrons. The number of nitrogens with one attached hydrogen (secondary N) is 2.